The van der Waals surface area contributed by atoms with Gasteiger partial charge in [0.25, 0.3) is 0 Å². The minimum Gasteiger partial charge on any atom is -0.496 e. The molecule has 0 bridgehead atoms. The van der Waals surface area contributed by atoms with Crippen molar-refractivity contribution in [1.82, 2.24) is 9.21 Å². The van der Waals surface area contributed by atoms with Gasteiger partial charge in [0.15, 0.2) is 0 Å². The molecule has 1 unspecified atom stereocenters. The summed E-state index contributed by atoms with van der Waals surface area (Å²) in [7, 11) is 0.677. The normalized spacial score (nSPS) is 16.4. The second-order valence-corrected chi connectivity index (χ2v) is 11.9. The van der Waals surface area contributed by atoms with E-state index in [0.29, 0.717) is 17.9 Å². The predicted molar refractivity (Wildman–Crippen MR) is 155 cm³/mol. The maximum atomic E-state index is 13.4. The van der Waals surface area contributed by atoms with Gasteiger partial charge in [0, 0.05) is 30.1 Å². The fourth-order valence-electron chi connectivity index (χ4n) is 4.73. The van der Waals surface area contributed by atoms with E-state index in [4.69, 9.17) is 32.7 Å². The molecule has 0 aromatic heterocycles. The van der Waals surface area contributed by atoms with Crippen LogP contribution in [0.1, 0.15) is 12.0 Å². The van der Waals surface area contributed by atoms with E-state index in [1.165, 1.54) is 40.8 Å². The Hall–Kier alpha value is -3.31. The van der Waals surface area contributed by atoms with E-state index in [1.807, 2.05) is 42.5 Å². The molecular weight excluding hydrogens is 577 g/mol. The minimum atomic E-state index is -4.00. The summed E-state index contributed by atoms with van der Waals surface area (Å²) in [5.74, 6) is 0.187. The number of nitrogens with zero attached hydrogens (tertiary/aromatic N) is 3. The minimum absolute atomic E-state index is 0.0580. The molecule has 1 aliphatic rings. The monoisotopic (exact) mass is 605 g/mol. The summed E-state index contributed by atoms with van der Waals surface area (Å²) in [6.45, 7) is 0.215. The summed E-state index contributed by atoms with van der Waals surface area (Å²) in [5, 5.41) is 10.6. The molecule has 3 aromatic rings. The van der Waals surface area contributed by atoms with Gasteiger partial charge in [-0.3, -0.25) is 4.99 Å². The number of carboxylic acid groups (broad SMARTS) is 1. The largest absolute Gasteiger partial charge is 0.496 e. The molecule has 0 radical (unpaired) electrons. The van der Waals surface area contributed by atoms with Crippen LogP contribution in [0, 0.1) is 0 Å². The molecule has 0 aliphatic carbocycles. The van der Waals surface area contributed by atoms with Crippen molar-refractivity contribution in [1.29, 1.82) is 0 Å². The van der Waals surface area contributed by atoms with Gasteiger partial charge in [0.2, 0.25) is 10.0 Å². The van der Waals surface area contributed by atoms with Crippen molar-refractivity contribution in [3.05, 3.63) is 76.3 Å². The van der Waals surface area contributed by atoms with E-state index in [9.17, 15) is 18.3 Å². The Kier molecular flexibility index (Phi) is 9.25. The number of methoxy groups -OCH3 is 2. The number of halogens is 2. The molecule has 1 heterocycles. The number of hydrogen-bond acceptors (Lipinski definition) is 6. The SMILES string of the molecule is CN=CN(C1CCN1S(=O)(=O)c1cc(Cl)cc(Cl)c1)[C@@H](Cc1ccc(-c2c(OC)cccc2OC)cc1)C(=O)O. The van der Waals surface area contributed by atoms with Crippen LogP contribution in [0.2, 0.25) is 10.0 Å². The second kappa shape index (κ2) is 12.5. The molecule has 3 aromatic carbocycles. The Morgan fingerprint density at radius 3 is 2.17 bits per heavy atom. The third kappa shape index (κ3) is 6.05. The lowest BCUT2D eigenvalue weighted by molar-refractivity contribution is -0.144. The van der Waals surface area contributed by atoms with Crippen LogP contribution in [0.3, 0.4) is 0 Å². The van der Waals surface area contributed by atoms with Crippen LogP contribution in [0.25, 0.3) is 11.1 Å². The quantitative estimate of drug-likeness (QED) is 0.240. The first-order valence-corrected chi connectivity index (χ1v) is 14.5. The maximum absolute atomic E-state index is 13.4. The zero-order valence-corrected chi connectivity index (χ0v) is 24.4. The number of rotatable bonds is 11. The summed E-state index contributed by atoms with van der Waals surface area (Å²) < 4.78 is 39.1. The van der Waals surface area contributed by atoms with Gasteiger partial charge in [-0.05, 0) is 47.9 Å². The lowest BCUT2D eigenvalue weighted by atomic mass is 9.98. The average molecular weight is 607 g/mol. The third-order valence-electron chi connectivity index (χ3n) is 6.72. The smallest absolute Gasteiger partial charge is 0.326 e. The van der Waals surface area contributed by atoms with E-state index in [-0.39, 0.29) is 27.9 Å². The Morgan fingerprint density at radius 2 is 1.70 bits per heavy atom. The van der Waals surface area contributed by atoms with Gasteiger partial charge in [0.05, 0.1) is 37.2 Å². The van der Waals surface area contributed by atoms with Gasteiger partial charge in [-0.1, -0.05) is 53.5 Å². The van der Waals surface area contributed by atoms with Crippen molar-refractivity contribution in [2.45, 2.75) is 29.9 Å². The summed E-state index contributed by atoms with van der Waals surface area (Å²) in [6.07, 6.45) is 1.17. The molecule has 40 heavy (non-hydrogen) atoms. The summed E-state index contributed by atoms with van der Waals surface area (Å²) >= 11 is 12.1. The number of aliphatic carboxylic acids is 1. The first kappa shape index (κ1) is 29.7. The molecule has 1 saturated heterocycles. The Labute approximate surface area is 243 Å². The lowest BCUT2D eigenvalue weighted by Gasteiger charge is -2.47. The molecule has 4 rings (SSSR count). The van der Waals surface area contributed by atoms with Gasteiger partial charge >= 0.3 is 5.97 Å². The highest BCUT2D eigenvalue weighted by molar-refractivity contribution is 7.89. The van der Waals surface area contributed by atoms with Crippen molar-refractivity contribution in [2.24, 2.45) is 4.99 Å². The first-order chi connectivity index (χ1) is 19.1. The number of carboxylic acids is 1. The highest BCUT2D eigenvalue weighted by Crippen LogP contribution is 2.38. The summed E-state index contributed by atoms with van der Waals surface area (Å²) in [6, 6.07) is 15.9. The van der Waals surface area contributed by atoms with Crippen molar-refractivity contribution in [2.75, 3.05) is 27.8 Å². The van der Waals surface area contributed by atoms with Gasteiger partial charge < -0.3 is 19.5 Å². The molecule has 1 fully saturated rings. The number of carbonyl (C=O) groups is 1. The van der Waals surface area contributed by atoms with Crippen LogP contribution in [-0.4, -0.2) is 75.1 Å². The average Bonchev–Trinajstić information content (AvgIpc) is 2.89. The lowest BCUT2D eigenvalue weighted by Crippen LogP contribution is -2.63. The topological polar surface area (TPSA) is 109 Å². The molecule has 0 saturated carbocycles. The number of sulfonamides is 1. The number of hydrogen-bond donors (Lipinski definition) is 1. The zero-order valence-electron chi connectivity index (χ0n) is 22.1. The van der Waals surface area contributed by atoms with Crippen molar-refractivity contribution < 1.29 is 27.8 Å². The molecule has 9 nitrogen and oxygen atoms in total. The summed E-state index contributed by atoms with van der Waals surface area (Å²) in [4.78, 5) is 18.0. The van der Waals surface area contributed by atoms with Crippen LogP contribution in [0.5, 0.6) is 11.5 Å². The molecule has 12 heteroatoms. The molecule has 0 amide bonds. The molecule has 2 atom stereocenters. The zero-order chi connectivity index (χ0) is 29.0. The second-order valence-electron chi connectivity index (χ2n) is 9.10. The van der Waals surface area contributed by atoms with Gasteiger partial charge in [-0.25, -0.2) is 13.2 Å². The Balaban J connectivity index is 1.61. The number of aliphatic imine (C=N–C) groups is 1. The van der Waals surface area contributed by atoms with Gasteiger partial charge in [0.1, 0.15) is 17.5 Å². The van der Waals surface area contributed by atoms with E-state index in [1.54, 1.807) is 14.2 Å². The predicted octanol–water partition coefficient (Wildman–Crippen LogP) is 5.05. The number of benzene rings is 3. The van der Waals surface area contributed by atoms with Crippen LogP contribution >= 0.6 is 23.2 Å². The highest BCUT2D eigenvalue weighted by Gasteiger charge is 2.44. The van der Waals surface area contributed by atoms with Crippen molar-refractivity contribution in [3.63, 3.8) is 0 Å². The Bertz CT molecular complexity index is 1470. The standard InChI is InChI=1S/C28H29Cl2N3O6S/c1-31-17-32(26-11-12-33(26)40(36,37)22-15-20(29)14-21(30)16-22)23(28(34)35)13-18-7-9-19(10-8-18)27-24(38-2)5-4-6-25(27)39-3/h4-10,14-17,23,26H,11-13H2,1-3H3,(H,34,35)/t23-,26?/m0/s1. The fraction of sp³-hybridized carbons (Fsp3) is 0.286. The molecule has 0 spiro atoms. The maximum Gasteiger partial charge on any atom is 0.326 e. The van der Waals surface area contributed by atoms with E-state index in [0.717, 1.165) is 16.7 Å². The van der Waals surface area contributed by atoms with E-state index >= 15 is 0 Å². The van der Waals surface area contributed by atoms with Crippen LogP contribution in [0.4, 0.5) is 0 Å². The highest BCUT2D eigenvalue weighted by atomic mass is 35.5. The van der Waals surface area contributed by atoms with E-state index < -0.39 is 28.2 Å². The van der Waals surface area contributed by atoms with Crippen molar-refractivity contribution >= 4 is 45.5 Å². The van der Waals surface area contributed by atoms with Crippen molar-refractivity contribution in [3.8, 4) is 22.6 Å². The van der Waals surface area contributed by atoms with Crippen LogP contribution < -0.4 is 9.47 Å². The number of ether oxygens (including phenoxy) is 2. The molecule has 1 N–H and O–H groups in total. The van der Waals surface area contributed by atoms with Crippen LogP contribution in [0.15, 0.2) is 70.6 Å². The summed E-state index contributed by atoms with van der Waals surface area (Å²) in [5.41, 5.74) is 2.37. The van der Waals surface area contributed by atoms with Gasteiger partial charge in [-0.2, -0.15) is 4.31 Å². The third-order valence-corrected chi connectivity index (χ3v) is 9.03. The van der Waals surface area contributed by atoms with Gasteiger partial charge in [-0.15, -0.1) is 0 Å². The molecule has 212 valence electrons. The van der Waals surface area contributed by atoms with Crippen LogP contribution in [-0.2, 0) is 21.2 Å². The molecule has 1 aliphatic heterocycles. The molecular formula is C28H29Cl2N3O6S. The first-order valence-electron chi connectivity index (χ1n) is 12.3. The Morgan fingerprint density at radius 1 is 1.10 bits per heavy atom. The fourth-order valence-corrected chi connectivity index (χ4v) is 7.08. The van der Waals surface area contributed by atoms with E-state index in [2.05, 4.69) is 4.99 Å².